The fourth-order valence-electron chi connectivity index (χ4n) is 3.44. The lowest BCUT2D eigenvalue weighted by molar-refractivity contribution is -0.118. The van der Waals surface area contributed by atoms with Crippen LogP contribution in [0.5, 0.6) is 0 Å². The number of halogens is 1. The van der Waals surface area contributed by atoms with E-state index in [1.807, 2.05) is 18.2 Å². The van der Waals surface area contributed by atoms with Crippen molar-refractivity contribution in [2.45, 2.75) is 25.3 Å². The maximum Gasteiger partial charge on any atom is 0.238 e. The first kappa shape index (κ1) is 17.1. The van der Waals surface area contributed by atoms with Crippen LogP contribution in [-0.2, 0) is 4.79 Å². The molecule has 1 fully saturated rings. The van der Waals surface area contributed by atoms with Crippen LogP contribution in [0.25, 0.3) is 10.2 Å². The second-order valence-electron chi connectivity index (χ2n) is 6.56. The number of carbonyl (C=O) groups is 1. The highest BCUT2D eigenvalue weighted by Crippen LogP contribution is 2.35. The number of amides is 1. The quantitative estimate of drug-likeness (QED) is 0.731. The molecule has 0 aliphatic carbocycles. The smallest absolute Gasteiger partial charge is 0.238 e. The number of para-hydroxylation sites is 1. The van der Waals surface area contributed by atoms with E-state index in [1.165, 1.54) is 16.8 Å². The van der Waals surface area contributed by atoms with Gasteiger partial charge in [-0.05, 0) is 49.7 Å². The molecule has 1 atom stereocenters. The van der Waals surface area contributed by atoms with Crippen molar-refractivity contribution in [1.29, 1.82) is 0 Å². The number of likely N-dealkylation sites (tertiary alicyclic amines) is 1. The van der Waals surface area contributed by atoms with Gasteiger partial charge in [0.05, 0.1) is 22.8 Å². The van der Waals surface area contributed by atoms with Crippen molar-refractivity contribution >= 4 is 33.1 Å². The Morgan fingerprint density at radius 3 is 2.96 bits per heavy atom. The summed E-state index contributed by atoms with van der Waals surface area (Å²) in [6.07, 6.45) is 3.23. The van der Waals surface area contributed by atoms with Crippen LogP contribution in [0, 0.1) is 5.82 Å². The summed E-state index contributed by atoms with van der Waals surface area (Å²) in [6.45, 7) is 1.16. The van der Waals surface area contributed by atoms with E-state index in [9.17, 15) is 9.18 Å². The van der Waals surface area contributed by atoms with Crippen LogP contribution in [0.1, 0.15) is 30.3 Å². The minimum atomic E-state index is -0.354. The molecule has 2 aromatic carbocycles. The predicted octanol–water partition coefficient (Wildman–Crippen LogP) is 4.60. The molecule has 0 radical (unpaired) electrons. The second-order valence-corrected chi connectivity index (χ2v) is 7.62. The van der Waals surface area contributed by atoms with Gasteiger partial charge >= 0.3 is 0 Å². The average Bonchev–Trinajstić information content (AvgIpc) is 3.06. The fraction of sp³-hybridized carbons (Fsp3) is 0.300. The van der Waals surface area contributed by atoms with Gasteiger partial charge in [-0.25, -0.2) is 9.37 Å². The Kier molecular flexibility index (Phi) is 4.95. The molecule has 1 N–H and O–H groups in total. The number of fused-ring (bicyclic) bond motifs is 1. The molecule has 6 heteroatoms. The van der Waals surface area contributed by atoms with Gasteiger partial charge in [-0.2, -0.15) is 0 Å². The van der Waals surface area contributed by atoms with Crippen LogP contribution in [-0.4, -0.2) is 28.9 Å². The van der Waals surface area contributed by atoms with Crippen molar-refractivity contribution in [2.24, 2.45) is 0 Å². The van der Waals surface area contributed by atoms with Gasteiger partial charge in [0.1, 0.15) is 10.8 Å². The number of piperidine rings is 1. The number of rotatable bonds is 4. The molecule has 1 aliphatic heterocycles. The molecule has 3 aromatic rings. The number of carbonyl (C=O) groups excluding carboxylic acids is 1. The monoisotopic (exact) mass is 369 g/mol. The molecule has 1 saturated heterocycles. The largest absolute Gasteiger partial charge is 0.325 e. The van der Waals surface area contributed by atoms with Crippen molar-refractivity contribution in [3.63, 3.8) is 0 Å². The Morgan fingerprint density at radius 1 is 1.23 bits per heavy atom. The molecule has 0 spiro atoms. The molecule has 0 bridgehead atoms. The molecular formula is C20H20FN3OS. The Morgan fingerprint density at radius 2 is 2.12 bits per heavy atom. The third-order valence-corrected chi connectivity index (χ3v) is 5.80. The summed E-state index contributed by atoms with van der Waals surface area (Å²) in [6, 6.07) is 14.3. The van der Waals surface area contributed by atoms with Crippen molar-refractivity contribution in [1.82, 2.24) is 9.88 Å². The highest BCUT2D eigenvalue weighted by molar-refractivity contribution is 7.18. The highest BCUT2D eigenvalue weighted by Gasteiger charge is 2.28. The standard InChI is InChI=1S/C20H20FN3OS/c21-14-6-5-7-15(12-14)22-19(25)13-24-11-4-3-9-17(24)20-23-16-8-1-2-10-18(16)26-20/h1-2,5-8,10,12,17H,3-4,9,11,13H2,(H,22,25). The zero-order valence-corrected chi connectivity index (χ0v) is 15.1. The van der Waals surface area contributed by atoms with Gasteiger partial charge in [0.2, 0.25) is 5.91 Å². The Balaban J connectivity index is 1.49. The summed E-state index contributed by atoms with van der Waals surface area (Å²) in [4.78, 5) is 19.4. The van der Waals surface area contributed by atoms with E-state index in [2.05, 4.69) is 16.3 Å². The third kappa shape index (κ3) is 3.76. The number of anilines is 1. The van der Waals surface area contributed by atoms with Gasteiger partial charge in [-0.15, -0.1) is 11.3 Å². The minimum Gasteiger partial charge on any atom is -0.325 e. The topological polar surface area (TPSA) is 45.2 Å². The number of aromatic nitrogens is 1. The molecule has 0 saturated carbocycles. The van der Waals surface area contributed by atoms with E-state index in [0.29, 0.717) is 5.69 Å². The number of nitrogens with zero attached hydrogens (tertiary/aromatic N) is 2. The molecule has 2 heterocycles. The van der Waals surface area contributed by atoms with Crippen molar-refractivity contribution in [2.75, 3.05) is 18.4 Å². The Hall–Kier alpha value is -2.31. The first-order valence-corrected chi connectivity index (χ1v) is 9.65. The van der Waals surface area contributed by atoms with Crippen LogP contribution >= 0.6 is 11.3 Å². The van der Waals surface area contributed by atoms with Gasteiger partial charge in [-0.3, -0.25) is 9.69 Å². The van der Waals surface area contributed by atoms with Crippen molar-refractivity contribution in [3.05, 3.63) is 59.4 Å². The fourth-order valence-corrected chi connectivity index (χ4v) is 4.58. The van der Waals surface area contributed by atoms with E-state index >= 15 is 0 Å². The molecule has 1 aromatic heterocycles. The SMILES string of the molecule is O=C(CN1CCCCC1c1nc2ccccc2s1)Nc1cccc(F)c1. The third-order valence-electron chi connectivity index (χ3n) is 4.66. The van der Waals surface area contributed by atoms with E-state index in [-0.39, 0.29) is 24.3 Å². The first-order valence-electron chi connectivity index (χ1n) is 8.84. The molecule has 1 aliphatic rings. The van der Waals surface area contributed by atoms with Gasteiger partial charge in [-0.1, -0.05) is 24.6 Å². The molecule has 26 heavy (non-hydrogen) atoms. The molecule has 134 valence electrons. The number of hydrogen-bond acceptors (Lipinski definition) is 4. The Bertz CT molecular complexity index is 893. The number of hydrogen-bond donors (Lipinski definition) is 1. The molecule has 4 rings (SSSR count). The summed E-state index contributed by atoms with van der Waals surface area (Å²) in [5, 5.41) is 3.86. The minimum absolute atomic E-state index is 0.122. The zero-order chi connectivity index (χ0) is 17.9. The van der Waals surface area contributed by atoms with Crippen LogP contribution in [0.2, 0.25) is 0 Å². The highest BCUT2D eigenvalue weighted by atomic mass is 32.1. The van der Waals surface area contributed by atoms with Gasteiger partial charge in [0.25, 0.3) is 0 Å². The van der Waals surface area contributed by atoms with Crippen LogP contribution in [0.3, 0.4) is 0 Å². The maximum absolute atomic E-state index is 13.3. The number of thiazole rings is 1. The van der Waals surface area contributed by atoms with E-state index in [4.69, 9.17) is 4.98 Å². The van der Waals surface area contributed by atoms with Crippen molar-refractivity contribution < 1.29 is 9.18 Å². The first-order chi connectivity index (χ1) is 12.7. The summed E-state index contributed by atoms with van der Waals surface area (Å²) < 4.78 is 14.5. The van der Waals surface area contributed by atoms with E-state index in [0.717, 1.165) is 36.3 Å². The van der Waals surface area contributed by atoms with Crippen LogP contribution in [0.4, 0.5) is 10.1 Å². The molecular weight excluding hydrogens is 349 g/mol. The van der Waals surface area contributed by atoms with Gasteiger partial charge in [0, 0.05) is 5.69 Å². The van der Waals surface area contributed by atoms with E-state index < -0.39 is 0 Å². The molecule has 1 amide bonds. The summed E-state index contributed by atoms with van der Waals surface area (Å²) in [7, 11) is 0. The molecule has 4 nitrogen and oxygen atoms in total. The van der Waals surface area contributed by atoms with E-state index in [1.54, 1.807) is 23.5 Å². The van der Waals surface area contributed by atoms with Gasteiger partial charge in [0.15, 0.2) is 0 Å². The second kappa shape index (κ2) is 7.51. The lowest BCUT2D eigenvalue weighted by atomic mass is 10.0. The normalized spacial score (nSPS) is 18.1. The summed E-state index contributed by atoms with van der Waals surface area (Å²) >= 11 is 1.71. The summed E-state index contributed by atoms with van der Waals surface area (Å²) in [5.74, 6) is -0.475. The summed E-state index contributed by atoms with van der Waals surface area (Å²) in [5.41, 5.74) is 1.51. The number of benzene rings is 2. The number of nitrogens with one attached hydrogen (secondary N) is 1. The zero-order valence-electron chi connectivity index (χ0n) is 14.3. The lowest BCUT2D eigenvalue weighted by Gasteiger charge is -2.33. The lowest BCUT2D eigenvalue weighted by Crippen LogP contribution is -2.39. The molecule has 1 unspecified atom stereocenters. The van der Waals surface area contributed by atoms with Gasteiger partial charge < -0.3 is 5.32 Å². The average molecular weight is 369 g/mol. The van der Waals surface area contributed by atoms with Crippen LogP contribution < -0.4 is 5.32 Å². The van der Waals surface area contributed by atoms with Crippen LogP contribution in [0.15, 0.2) is 48.5 Å². The predicted molar refractivity (Wildman–Crippen MR) is 103 cm³/mol. The Labute approximate surface area is 155 Å². The van der Waals surface area contributed by atoms with Crippen molar-refractivity contribution in [3.8, 4) is 0 Å². The maximum atomic E-state index is 13.3.